The van der Waals surface area contributed by atoms with Crippen molar-refractivity contribution in [1.29, 1.82) is 0 Å². The molecule has 0 spiro atoms. The summed E-state index contributed by atoms with van der Waals surface area (Å²) in [5, 5.41) is 0. The van der Waals surface area contributed by atoms with Crippen LogP contribution in [0.1, 0.15) is 32.6 Å². The predicted molar refractivity (Wildman–Crippen MR) is 62.0 cm³/mol. The molecule has 4 nitrogen and oxygen atoms in total. The number of carbonyl (C=O) groups is 1. The van der Waals surface area contributed by atoms with Crippen molar-refractivity contribution >= 4 is 6.09 Å². The Morgan fingerprint density at radius 2 is 2.31 bits per heavy atom. The number of hydrogen-bond donors (Lipinski definition) is 1. The van der Waals surface area contributed by atoms with Gasteiger partial charge in [-0.1, -0.05) is 6.92 Å². The van der Waals surface area contributed by atoms with E-state index in [0.717, 1.165) is 32.4 Å². The SMILES string of the molecule is CC1CCCN(C(=O)OCC2(CN)CC2)C1. The molecule has 0 bridgehead atoms. The first kappa shape index (κ1) is 11.7. The lowest BCUT2D eigenvalue weighted by Gasteiger charge is -2.30. The van der Waals surface area contributed by atoms with Gasteiger partial charge in [-0.15, -0.1) is 0 Å². The minimum absolute atomic E-state index is 0.122. The zero-order valence-corrected chi connectivity index (χ0v) is 10.1. The second-order valence-electron chi connectivity index (χ2n) is 5.45. The molecule has 92 valence electrons. The molecule has 1 atom stereocenters. The van der Waals surface area contributed by atoms with Crippen molar-refractivity contribution in [2.45, 2.75) is 32.6 Å². The highest BCUT2D eigenvalue weighted by Gasteiger charge is 2.42. The van der Waals surface area contributed by atoms with Crippen LogP contribution >= 0.6 is 0 Å². The Labute approximate surface area is 97.1 Å². The second kappa shape index (κ2) is 4.62. The lowest BCUT2D eigenvalue weighted by Crippen LogP contribution is -2.40. The monoisotopic (exact) mass is 226 g/mol. The van der Waals surface area contributed by atoms with E-state index in [1.54, 1.807) is 0 Å². The Morgan fingerprint density at radius 1 is 1.56 bits per heavy atom. The molecule has 1 heterocycles. The molecule has 1 saturated carbocycles. The summed E-state index contributed by atoms with van der Waals surface area (Å²) in [5.74, 6) is 0.602. The Bertz CT molecular complexity index is 264. The number of hydrogen-bond acceptors (Lipinski definition) is 3. The molecule has 0 aromatic heterocycles. The van der Waals surface area contributed by atoms with Gasteiger partial charge in [0.15, 0.2) is 0 Å². The van der Waals surface area contributed by atoms with Crippen molar-refractivity contribution in [3.05, 3.63) is 0 Å². The number of ether oxygens (including phenoxy) is 1. The van der Waals surface area contributed by atoms with Crippen LogP contribution < -0.4 is 5.73 Å². The molecule has 1 amide bonds. The molecule has 2 aliphatic rings. The fourth-order valence-corrected chi connectivity index (χ4v) is 2.25. The number of nitrogens with zero attached hydrogens (tertiary/aromatic N) is 1. The largest absolute Gasteiger partial charge is 0.449 e. The first-order chi connectivity index (χ1) is 7.65. The van der Waals surface area contributed by atoms with E-state index in [-0.39, 0.29) is 11.5 Å². The summed E-state index contributed by atoms with van der Waals surface area (Å²) in [5.41, 5.74) is 5.77. The summed E-state index contributed by atoms with van der Waals surface area (Å²) in [4.78, 5) is 13.6. The minimum Gasteiger partial charge on any atom is -0.449 e. The highest BCUT2D eigenvalue weighted by molar-refractivity contribution is 5.67. The summed E-state index contributed by atoms with van der Waals surface area (Å²) in [7, 11) is 0. The third-order valence-corrected chi connectivity index (χ3v) is 3.81. The Balaban J connectivity index is 1.75. The third-order valence-electron chi connectivity index (χ3n) is 3.81. The van der Waals surface area contributed by atoms with Crippen LogP contribution in [0.3, 0.4) is 0 Å². The van der Waals surface area contributed by atoms with Crippen LogP contribution in [-0.2, 0) is 4.74 Å². The maximum absolute atomic E-state index is 11.8. The van der Waals surface area contributed by atoms with Crippen molar-refractivity contribution in [2.75, 3.05) is 26.2 Å². The van der Waals surface area contributed by atoms with E-state index in [1.807, 2.05) is 4.90 Å². The maximum atomic E-state index is 11.8. The van der Waals surface area contributed by atoms with E-state index in [4.69, 9.17) is 10.5 Å². The average Bonchev–Trinajstić information content (AvgIpc) is 3.07. The standard InChI is InChI=1S/C12H22N2O2/c1-10-3-2-6-14(7-10)11(15)16-9-12(8-13)4-5-12/h10H,2-9,13H2,1H3. The smallest absolute Gasteiger partial charge is 0.409 e. The van der Waals surface area contributed by atoms with Crippen LogP contribution in [0.2, 0.25) is 0 Å². The predicted octanol–water partition coefficient (Wildman–Crippen LogP) is 1.59. The van der Waals surface area contributed by atoms with Crippen molar-refractivity contribution in [2.24, 2.45) is 17.1 Å². The Hall–Kier alpha value is -0.770. The molecule has 2 N–H and O–H groups in total. The van der Waals surface area contributed by atoms with Gasteiger partial charge in [0.25, 0.3) is 0 Å². The normalized spacial score (nSPS) is 27.6. The molecule has 2 rings (SSSR count). The van der Waals surface area contributed by atoms with Gasteiger partial charge in [-0.3, -0.25) is 0 Å². The quantitative estimate of drug-likeness (QED) is 0.795. The lowest BCUT2D eigenvalue weighted by molar-refractivity contribution is 0.0711. The maximum Gasteiger partial charge on any atom is 0.409 e. The molecule has 1 aliphatic carbocycles. The fourth-order valence-electron chi connectivity index (χ4n) is 2.25. The molecule has 16 heavy (non-hydrogen) atoms. The first-order valence-corrected chi connectivity index (χ1v) is 6.27. The van der Waals surface area contributed by atoms with E-state index in [9.17, 15) is 4.79 Å². The van der Waals surface area contributed by atoms with Gasteiger partial charge in [0.05, 0.1) is 0 Å². The van der Waals surface area contributed by atoms with Gasteiger partial charge < -0.3 is 15.4 Å². The summed E-state index contributed by atoms with van der Waals surface area (Å²) in [6.45, 7) is 5.01. The summed E-state index contributed by atoms with van der Waals surface area (Å²) in [6, 6.07) is 0. The van der Waals surface area contributed by atoms with Gasteiger partial charge in [-0.25, -0.2) is 4.79 Å². The third kappa shape index (κ3) is 2.67. The molecule has 4 heteroatoms. The van der Waals surface area contributed by atoms with Crippen LogP contribution in [0, 0.1) is 11.3 Å². The van der Waals surface area contributed by atoms with Crippen LogP contribution in [-0.4, -0.2) is 37.2 Å². The fraction of sp³-hybridized carbons (Fsp3) is 0.917. The summed E-state index contributed by atoms with van der Waals surface area (Å²) < 4.78 is 5.36. The van der Waals surface area contributed by atoms with Gasteiger partial charge in [-0.2, -0.15) is 0 Å². The van der Waals surface area contributed by atoms with Crippen LogP contribution in [0.25, 0.3) is 0 Å². The van der Waals surface area contributed by atoms with Crippen molar-refractivity contribution in [3.63, 3.8) is 0 Å². The first-order valence-electron chi connectivity index (χ1n) is 6.27. The van der Waals surface area contributed by atoms with Gasteiger partial charge in [0.1, 0.15) is 6.61 Å². The number of piperidine rings is 1. The highest BCUT2D eigenvalue weighted by Crippen LogP contribution is 2.44. The second-order valence-corrected chi connectivity index (χ2v) is 5.45. The number of likely N-dealkylation sites (tertiary alicyclic amines) is 1. The number of rotatable bonds is 3. The lowest BCUT2D eigenvalue weighted by atomic mass is 10.0. The zero-order chi connectivity index (χ0) is 11.6. The van der Waals surface area contributed by atoms with Crippen LogP contribution in [0.5, 0.6) is 0 Å². The molecule has 1 aliphatic heterocycles. The van der Waals surface area contributed by atoms with E-state index in [1.165, 1.54) is 6.42 Å². The van der Waals surface area contributed by atoms with Crippen LogP contribution in [0.15, 0.2) is 0 Å². The molecule has 0 aromatic carbocycles. The van der Waals surface area contributed by atoms with Crippen molar-refractivity contribution in [3.8, 4) is 0 Å². The van der Waals surface area contributed by atoms with Crippen molar-refractivity contribution in [1.82, 2.24) is 4.90 Å². The minimum atomic E-state index is -0.147. The number of nitrogens with two attached hydrogens (primary N) is 1. The number of carbonyl (C=O) groups excluding carboxylic acids is 1. The molecule has 0 aromatic rings. The molecular weight excluding hydrogens is 204 g/mol. The van der Waals surface area contributed by atoms with Gasteiger partial charge in [0, 0.05) is 25.0 Å². The molecular formula is C12H22N2O2. The summed E-state index contributed by atoms with van der Waals surface area (Å²) in [6.07, 6.45) is 4.38. The Kier molecular flexibility index (Phi) is 3.38. The van der Waals surface area contributed by atoms with E-state index >= 15 is 0 Å². The van der Waals surface area contributed by atoms with Gasteiger partial charge >= 0.3 is 6.09 Å². The van der Waals surface area contributed by atoms with Gasteiger partial charge in [0.2, 0.25) is 0 Å². The molecule has 1 saturated heterocycles. The summed E-state index contributed by atoms with van der Waals surface area (Å²) >= 11 is 0. The van der Waals surface area contributed by atoms with Crippen molar-refractivity contribution < 1.29 is 9.53 Å². The highest BCUT2D eigenvalue weighted by atomic mass is 16.6. The average molecular weight is 226 g/mol. The topological polar surface area (TPSA) is 55.6 Å². The van der Waals surface area contributed by atoms with E-state index < -0.39 is 0 Å². The molecule has 2 fully saturated rings. The Morgan fingerprint density at radius 3 is 2.88 bits per heavy atom. The van der Waals surface area contributed by atoms with Gasteiger partial charge in [-0.05, 0) is 31.6 Å². The van der Waals surface area contributed by atoms with E-state index in [0.29, 0.717) is 19.1 Å². The zero-order valence-electron chi connectivity index (χ0n) is 10.1. The van der Waals surface area contributed by atoms with Crippen LogP contribution in [0.4, 0.5) is 4.79 Å². The van der Waals surface area contributed by atoms with E-state index in [2.05, 4.69) is 6.92 Å². The molecule has 1 unspecified atom stereocenters. The molecule has 0 radical (unpaired) electrons. The number of amides is 1.